The number of carboxylic acid groups (broad SMARTS) is 1. The maximum Gasteiger partial charge on any atom is 0.340 e. The molecule has 1 aliphatic rings. The van der Waals surface area contributed by atoms with Crippen LogP contribution in [0.25, 0.3) is 0 Å². The number of carbonyl (C=O) groups excluding carboxylic acids is 6. The van der Waals surface area contributed by atoms with Crippen LogP contribution in [0.1, 0.15) is 85.3 Å². The van der Waals surface area contributed by atoms with E-state index in [0.29, 0.717) is 29.6 Å². The van der Waals surface area contributed by atoms with Gasteiger partial charge in [-0.15, -0.1) is 0 Å². The number of halogens is 18. The topological polar surface area (TPSA) is 370 Å². The average molecular weight is 2620 g/mol. The summed E-state index contributed by atoms with van der Waals surface area (Å²) in [5, 5.41) is 21.3. The summed E-state index contributed by atoms with van der Waals surface area (Å²) in [4.78, 5) is 79.1. The molecule has 1 fully saturated rings. The molecule has 9 N–H and O–H groups in total. The summed E-state index contributed by atoms with van der Waals surface area (Å²) in [5.74, 6) is -8.96. The Morgan fingerprint density at radius 2 is 0.672 bits per heavy atom. The molecule has 0 atom stereocenters. The number of hydrogen-bond donors (Lipinski definition) is 6. The summed E-state index contributed by atoms with van der Waals surface area (Å²) in [5.41, 5.74) is 17.4. The average Bonchev–Trinajstić information content (AvgIpc) is 1.79. The van der Waals surface area contributed by atoms with Gasteiger partial charge in [0.2, 0.25) is 0 Å². The number of nitrogens with one attached hydrogen (secondary N) is 1. The number of nitrogen functional groups attached to an aromatic ring is 3. The molecule has 0 aromatic heterocycles. The minimum absolute atomic E-state index is 0.00312. The quantitative estimate of drug-likeness (QED) is 0.00313. The summed E-state index contributed by atoms with van der Waals surface area (Å²) in [6, 6.07) is 9.57. The van der Waals surface area contributed by atoms with Gasteiger partial charge in [-0.05, 0) is 269 Å². The molecule has 0 heterocycles. The van der Waals surface area contributed by atoms with Crippen molar-refractivity contribution in [3.8, 4) is 34.5 Å². The molecular weight excluding hydrogens is 2540 g/mol. The van der Waals surface area contributed by atoms with Crippen molar-refractivity contribution in [2.75, 3.05) is 113 Å². The van der Waals surface area contributed by atoms with Crippen LogP contribution in [-0.4, -0.2) is 165 Å². The fraction of sp³-hybridized carbons (Fsp3) is 0.329. The van der Waals surface area contributed by atoms with Crippen LogP contribution >= 0.6 is 202 Å². The normalized spacial score (nSPS) is 11.1. The minimum atomic E-state index is -1.30. The van der Waals surface area contributed by atoms with E-state index in [2.05, 4.69) is 180 Å². The molecule has 0 unspecified atom stereocenters. The summed E-state index contributed by atoms with van der Waals surface area (Å²) in [7, 11) is 9.03. The zero-order chi connectivity index (χ0) is 91.3. The van der Waals surface area contributed by atoms with E-state index in [0.717, 1.165) is 67.4 Å². The lowest BCUT2D eigenvalue weighted by molar-refractivity contribution is 0.0206. The van der Waals surface area contributed by atoms with Gasteiger partial charge in [0, 0.05) is 35.4 Å². The summed E-state index contributed by atoms with van der Waals surface area (Å²) >= 11 is 28.5. The molecule has 0 aliphatic heterocycles. The lowest BCUT2D eigenvalue weighted by atomic mass is 10.1. The zero-order valence-corrected chi connectivity index (χ0v) is 87.1. The highest BCUT2D eigenvalue weighted by Gasteiger charge is 2.31. The Bertz CT molecular complexity index is 4690. The van der Waals surface area contributed by atoms with Crippen molar-refractivity contribution in [1.29, 1.82) is 0 Å². The number of esters is 6. The van der Waals surface area contributed by atoms with Crippen LogP contribution < -0.4 is 46.2 Å². The van der Waals surface area contributed by atoms with Gasteiger partial charge in [-0.2, -0.15) is 0 Å². The fourth-order valence-electron chi connectivity index (χ4n) is 8.47. The van der Waals surface area contributed by atoms with Crippen molar-refractivity contribution >= 4 is 283 Å². The molecule has 656 valence electrons. The second-order valence-corrected chi connectivity index (χ2v) is 46.8. The number of anilines is 4. The number of carbonyl (C=O) groups is 7. The monoisotopic (exact) mass is 2610 g/mol. The number of benzene rings is 7. The Hall–Kier alpha value is -5.03. The van der Waals surface area contributed by atoms with Gasteiger partial charge in [-0.3, -0.25) is 0 Å². The number of rotatable bonds is 24. The van der Waals surface area contributed by atoms with Gasteiger partial charge in [-0.1, -0.05) is 39.3 Å². The predicted octanol–water partition coefficient (Wildman–Crippen LogP) is 21.4. The van der Waals surface area contributed by atoms with Crippen LogP contribution in [0.4, 0.5) is 53.5 Å². The van der Waals surface area contributed by atoms with E-state index in [1.54, 1.807) is 22.6 Å². The van der Waals surface area contributed by atoms with E-state index in [1.165, 1.54) is 64.0 Å². The van der Waals surface area contributed by atoms with Crippen molar-refractivity contribution < 1.29 is 136 Å². The Kier molecular flexibility index (Phi) is 48.1. The second-order valence-electron chi connectivity index (χ2n) is 25.7. The molecule has 1 saturated carbocycles. The van der Waals surface area contributed by atoms with Crippen LogP contribution in [0.2, 0.25) is 51.4 Å². The smallest absolute Gasteiger partial charge is 0.340 e. The molecular formula is C73H78Br7F7I4N4O22Si2. The lowest BCUT2D eigenvalue weighted by Gasteiger charge is -2.19. The summed E-state index contributed by atoms with van der Waals surface area (Å²) < 4.78 is 161. The Labute approximate surface area is 795 Å². The maximum atomic E-state index is 14.2. The summed E-state index contributed by atoms with van der Waals surface area (Å²) in [6.45, 7) is 14.8. The number of nitrogens with two attached hydrogens (primary N) is 3. The predicted molar refractivity (Wildman–Crippen MR) is 495 cm³/mol. The van der Waals surface area contributed by atoms with Crippen LogP contribution in [-0.2, 0) is 37.9 Å². The van der Waals surface area contributed by atoms with Crippen molar-refractivity contribution in [2.24, 2.45) is 0 Å². The molecule has 1 aliphatic carbocycles. The third-order valence-electron chi connectivity index (χ3n) is 14.9. The van der Waals surface area contributed by atoms with Crippen LogP contribution in [0.3, 0.4) is 0 Å². The third kappa shape index (κ3) is 32.8. The maximum absolute atomic E-state index is 14.2. The van der Waals surface area contributed by atoms with Crippen molar-refractivity contribution in [3.05, 3.63) is 168 Å². The highest BCUT2D eigenvalue weighted by Crippen LogP contribution is 2.44. The van der Waals surface area contributed by atoms with E-state index in [4.69, 9.17) is 60.2 Å². The first-order valence-corrected chi connectivity index (χ1v) is 50.4. The van der Waals surface area contributed by atoms with Gasteiger partial charge in [0.15, 0.2) is 36.6 Å². The molecule has 46 heteroatoms. The van der Waals surface area contributed by atoms with Crippen molar-refractivity contribution in [1.82, 2.24) is 0 Å². The van der Waals surface area contributed by atoms with Crippen molar-refractivity contribution in [3.63, 3.8) is 0 Å². The number of aromatic carboxylic acids is 1. The number of methoxy groups -OCH3 is 9. The van der Waals surface area contributed by atoms with Gasteiger partial charge in [0.25, 0.3) is 0 Å². The SMILES string of the molecule is COC(=O)c1cc(F)c(Br)c(I)c1N.COC(=O)c1cc(F)c(Br)c(O)c1I.COC(=O)c1cc(F)c(Br)c(OC)c1I.COC(=O)c1cc(F)c(Br)c(OC)c1N.COC(=O)c1cc(F)c(Br)c(OCOCC[Si](C)(C)C)c1I.COC(=O)c1cc(F)c(Br)c(OCOCC[Si](C)(C)C)c1NC1CC1.COc1c(N)c(C(=O)O)cc(F)c1Br. The van der Waals surface area contributed by atoms with Crippen LogP contribution in [0.15, 0.2) is 73.8 Å². The number of aromatic hydroxyl groups is 1. The van der Waals surface area contributed by atoms with Gasteiger partial charge < -0.3 is 94.3 Å². The Balaban J connectivity index is 0.000000477. The number of ether oxygens (including phenoxy) is 13. The number of carboxylic acids is 1. The standard InChI is InChI=1S/C17H25BrFNO4Si.C14H19BrFIO4Si.C9H7BrFIO3.C9H9BrFNO3.C8H6BrFINO2.C8H5BrFIO3.C8H7BrFNO3/c1-22-17(21)12-9-13(19)14(18)16(15(12)20-11-5-6-11)24-10-23-7-8-25(2,3)4;1-19-14(18)9-7-10(16)11(15)13(12(9)17)21-8-20-5-6-22(2,3)4;2*1-14-8-6(10)5(11)3-4(7(8)12)9(13)15-2;1-14-8(13)3-2-4(10)5(9)6(11)7(3)12;1-14-8(13)3-2-4(10)5(9)7(12)6(3)11;1-14-7-5(9)4(10)2-3(6(7)11)8(12)13/h9,11,20H,5-8,10H2,1-4H3;7H,5-6,8H2,1-4H3;3H,1-2H3;3H,12H2,1-2H3;2H,12H2,1H3;2,12H,1H3;2H,11H2,1H3,(H,12,13). The van der Waals surface area contributed by atoms with Gasteiger partial charge in [-0.25, -0.2) is 64.3 Å². The second kappa shape index (κ2) is 52.0. The molecule has 0 radical (unpaired) electrons. The van der Waals surface area contributed by atoms with E-state index < -0.39 is 98.7 Å². The zero-order valence-electron chi connectivity index (χ0n) is 65.4. The molecule has 0 amide bonds. The van der Waals surface area contributed by atoms with Gasteiger partial charge >= 0.3 is 41.8 Å². The number of hydrogen-bond acceptors (Lipinski definition) is 25. The molecule has 0 saturated heterocycles. The van der Waals surface area contributed by atoms with E-state index in [1.807, 2.05) is 67.8 Å². The fourth-order valence-corrected chi connectivity index (χ4v) is 16.9. The Morgan fingerprint density at radius 1 is 0.395 bits per heavy atom. The molecule has 119 heavy (non-hydrogen) atoms. The highest BCUT2D eigenvalue weighted by molar-refractivity contribution is 14.1. The highest BCUT2D eigenvalue weighted by atomic mass is 127. The summed E-state index contributed by atoms with van der Waals surface area (Å²) in [6.07, 6.45) is 2.00. The lowest BCUT2D eigenvalue weighted by Crippen LogP contribution is -2.22. The molecule has 0 spiro atoms. The molecule has 26 nitrogen and oxygen atoms in total. The first-order chi connectivity index (χ1) is 55.4. The molecule has 0 bridgehead atoms. The van der Waals surface area contributed by atoms with Gasteiger partial charge in [0.1, 0.15) is 52.2 Å². The first-order valence-electron chi connectivity index (χ1n) is 33.1. The first kappa shape index (κ1) is 110. The van der Waals surface area contributed by atoms with Crippen LogP contribution in [0, 0.1) is 55.0 Å². The van der Waals surface area contributed by atoms with E-state index in [-0.39, 0.29) is 145 Å². The van der Waals surface area contributed by atoms with Crippen LogP contribution in [0.5, 0.6) is 34.5 Å². The molecule has 7 aromatic rings. The number of phenols is 1. The van der Waals surface area contributed by atoms with E-state index in [9.17, 15) is 69.4 Å². The van der Waals surface area contributed by atoms with Gasteiger partial charge in [0.05, 0.1) is 171 Å². The van der Waals surface area contributed by atoms with Crippen molar-refractivity contribution in [2.45, 2.75) is 70.3 Å². The number of phenolic OH excluding ortho intramolecular Hbond substituents is 1. The minimum Gasteiger partial charge on any atom is -0.506 e. The molecule has 7 aromatic carbocycles. The largest absolute Gasteiger partial charge is 0.506 e. The third-order valence-corrected chi connectivity index (χ3v) is 28.7. The molecule has 8 rings (SSSR count). The Morgan fingerprint density at radius 3 is 1.03 bits per heavy atom. The van der Waals surface area contributed by atoms with E-state index >= 15 is 0 Å².